The molecule has 1 unspecified atom stereocenters. The Balaban J connectivity index is 2.06. The van der Waals surface area contributed by atoms with E-state index in [2.05, 4.69) is 10.3 Å². The molecule has 0 bridgehead atoms. The molecule has 1 atom stereocenters. The average molecular weight is 305 g/mol. The summed E-state index contributed by atoms with van der Waals surface area (Å²) in [5.74, 6) is -0.845. The Labute approximate surface area is 125 Å². The van der Waals surface area contributed by atoms with Crippen molar-refractivity contribution in [1.29, 1.82) is 0 Å². The van der Waals surface area contributed by atoms with Crippen LogP contribution in [0, 0.1) is 0 Å². The molecule has 0 spiro atoms. The zero-order valence-electron chi connectivity index (χ0n) is 11.4. The molecule has 1 heterocycles. The maximum Gasteiger partial charge on any atom is 0.252 e. The zero-order valence-corrected chi connectivity index (χ0v) is 12.2. The third-order valence-electron chi connectivity index (χ3n) is 2.59. The molecule has 1 aromatic heterocycles. The maximum atomic E-state index is 11.5. The van der Waals surface area contributed by atoms with Crippen LogP contribution in [0.4, 0.5) is 5.13 Å². The van der Waals surface area contributed by atoms with Crippen molar-refractivity contribution in [3.05, 3.63) is 47.0 Å². The predicted molar refractivity (Wildman–Crippen MR) is 79.6 cm³/mol. The Bertz CT molecular complexity index is 627. The molecule has 2 rings (SSSR count). The van der Waals surface area contributed by atoms with Gasteiger partial charge in [-0.15, -0.1) is 11.3 Å². The smallest absolute Gasteiger partial charge is 0.252 e. The standard InChI is InChI=1S/C14H15N3O3S/c1-9(18)16-14-17-11(8-21-14)12(13(15)19)20-7-10-5-3-2-4-6-10/h2-6,8,12H,7H2,1H3,(H2,15,19)(H,16,17,18). The lowest BCUT2D eigenvalue weighted by Gasteiger charge is -2.12. The molecule has 2 amide bonds. The molecular formula is C14H15N3O3S. The Kier molecular flexibility index (Phi) is 5.02. The second-order valence-corrected chi connectivity index (χ2v) is 5.20. The van der Waals surface area contributed by atoms with Gasteiger partial charge in [-0.1, -0.05) is 30.3 Å². The van der Waals surface area contributed by atoms with Crippen molar-refractivity contribution in [2.75, 3.05) is 5.32 Å². The van der Waals surface area contributed by atoms with Crippen molar-refractivity contribution in [3.63, 3.8) is 0 Å². The van der Waals surface area contributed by atoms with Crippen molar-refractivity contribution >= 4 is 28.3 Å². The number of amides is 2. The van der Waals surface area contributed by atoms with E-state index < -0.39 is 12.0 Å². The van der Waals surface area contributed by atoms with Gasteiger partial charge in [0.05, 0.1) is 12.3 Å². The minimum absolute atomic E-state index is 0.225. The summed E-state index contributed by atoms with van der Waals surface area (Å²) < 4.78 is 5.55. The summed E-state index contributed by atoms with van der Waals surface area (Å²) in [6.07, 6.45) is -0.941. The molecule has 2 aromatic rings. The summed E-state index contributed by atoms with van der Waals surface area (Å²) in [6, 6.07) is 9.45. The number of hydrogen-bond acceptors (Lipinski definition) is 5. The van der Waals surface area contributed by atoms with Gasteiger partial charge in [-0.05, 0) is 5.56 Å². The molecule has 0 aliphatic heterocycles. The number of hydrogen-bond donors (Lipinski definition) is 2. The van der Waals surface area contributed by atoms with Crippen LogP contribution >= 0.6 is 11.3 Å². The number of benzene rings is 1. The molecule has 110 valence electrons. The van der Waals surface area contributed by atoms with E-state index in [1.54, 1.807) is 5.38 Å². The van der Waals surface area contributed by atoms with Crippen LogP contribution in [0.3, 0.4) is 0 Å². The zero-order chi connectivity index (χ0) is 15.2. The lowest BCUT2D eigenvalue weighted by atomic mass is 10.2. The SMILES string of the molecule is CC(=O)Nc1nc(C(OCc2ccccc2)C(N)=O)cs1. The molecule has 0 fully saturated rings. The first-order valence-corrected chi connectivity index (χ1v) is 7.12. The highest BCUT2D eigenvalue weighted by Gasteiger charge is 2.22. The molecule has 1 aromatic carbocycles. The first-order valence-electron chi connectivity index (χ1n) is 6.24. The van der Waals surface area contributed by atoms with E-state index in [1.165, 1.54) is 18.3 Å². The summed E-state index contributed by atoms with van der Waals surface area (Å²) in [5, 5.41) is 4.61. The van der Waals surface area contributed by atoms with Gasteiger partial charge in [0.2, 0.25) is 5.91 Å². The third kappa shape index (κ3) is 4.37. The minimum Gasteiger partial charge on any atom is -0.367 e. The van der Waals surface area contributed by atoms with Crippen LogP contribution in [0.2, 0.25) is 0 Å². The highest BCUT2D eigenvalue weighted by Crippen LogP contribution is 2.24. The van der Waals surface area contributed by atoms with Crippen molar-refractivity contribution in [1.82, 2.24) is 4.98 Å². The van der Waals surface area contributed by atoms with Crippen molar-refractivity contribution < 1.29 is 14.3 Å². The molecule has 7 heteroatoms. The predicted octanol–water partition coefficient (Wildman–Crippen LogP) is 1.84. The number of carbonyl (C=O) groups excluding carboxylic acids is 2. The summed E-state index contributed by atoms with van der Waals surface area (Å²) in [4.78, 5) is 26.6. The summed E-state index contributed by atoms with van der Waals surface area (Å²) in [6.45, 7) is 1.64. The molecule has 3 N–H and O–H groups in total. The van der Waals surface area contributed by atoms with E-state index in [4.69, 9.17) is 10.5 Å². The van der Waals surface area contributed by atoms with Gasteiger partial charge in [-0.3, -0.25) is 9.59 Å². The van der Waals surface area contributed by atoms with Crippen molar-refractivity contribution in [2.45, 2.75) is 19.6 Å². The number of thiazole rings is 1. The van der Waals surface area contributed by atoms with Crippen molar-refractivity contribution in [2.24, 2.45) is 5.73 Å². The number of nitrogens with one attached hydrogen (secondary N) is 1. The highest BCUT2D eigenvalue weighted by atomic mass is 32.1. The number of ether oxygens (including phenoxy) is 1. The van der Waals surface area contributed by atoms with E-state index in [0.29, 0.717) is 10.8 Å². The summed E-state index contributed by atoms with van der Waals surface area (Å²) in [5.41, 5.74) is 6.68. The minimum atomic E-state index is -0.941. The van der Waals surface area contributed by atoms with Crippen LogP contribution in [-0.4, -0.2) is 16.8 Å². The molecule has 0 aliphatic rings. The number of aromatic nitrogens is 1. The van der Waals surface area contributed by atoms with Crippen LogP contribution in [-0.2, 0) is 20.9 Å². The van der Waals surface area contributed by atoms with E-state index in [0.717, 1.165) is 5.56 Å². The van der Waals surface area contributed by atoms with Gasteiger partial charge in [0.25, 0.3) is 5.91 Å². The quantitative estimate of drug-likeness (QED) is 0.851. The fraction of sp³-hybridized carbons (Fsp3) is 0.214. The van der Waals surface area contributed by atoms with Gasteiger partial charge in [0.1, 0.15) is 0 Å². The van der Waals surface area contributed by atoms with Crippen LogP contribution in [0.25, 0.3) is 0 Å². The van der Waals surface area contributed by atoms with Crippen LogP contribution in [0.1, 0.15) is 24.3 Å². The number of carbonyl (C=O) groups is 2. The molecule has 6 nitrogen and oxygen atoms in total. The van der Waals surface area contributed by atoms with Crippen LogP contribution in [0.5, 0.6) is 0 Å². The van der Waals surface area contributed by atoms with Gasteiger partial charge in [-0.25, -0.2) is 4.98 Å². The normalized spacial score (nSPS) is 11.9. The Morgan fingerprint density at radius 1 is 1.38 bits per heavy atom. The van der Waals surface area contributed by atoms with Gasteiger partial charge < -0.3 is 15.8 Å². The lowest BCUT2D eigenvalue weighted by molar-refractivity contribution is -0.131. The second-order valence-electron chi connectivity index (χ2n) is 4.34. The summed E-state index contributed by atoms with van der Waals surface area (Å²) >= 11 is 1.21. The van der Waals surface area contributed by atoms with E-state index in [9.17, 15) is 9.59 Å². The number of rotatable bonds is 6. The number of nitrogens with two attached hydrogens (primary N) is 1. The average Bonchev–Trinajstić information content (AvgIpc) is 2.87. The molecule has 0 aliphatic carbocycles. The number of nitrogens with zero attached hydrogens (tertiary/aromatic N) is 1. The molecule has 0 saturated heterocycles. The van der Waals surface area contributed by atoms with Crippen LogP contribution < -0.4 is 11.1 Å². The Morgan fingerprint density at radius 2 is 2.10 bits per heavy atom. The largest absolute Gasteiger partial charge is 0.367 e. The monoisotopic (exact) mass is 305 g/mol. The first kappa shape index (κ1) is 15.1. The van der Waals surface area contributed by atoms with Crippen LogP contribution in [0.15, 0.2) is 35.7 Å². The topological polar surface area (TPSA) is 94.3 Å². The highest BCUT2D eigenvalue weighted by molar-refractivity contribution is 7.13. The van der Waals surface area contributed by atoms with Crippen molar-refractivity contribution in [3.8, 4) is 0 Å². The molecule has 0 saturated carbocycles. The number of anilines is 1. The van der Waals surface area contributed by atoms with E-state index in [-0.39, 0.29) is 12.5 Å². The third-order valence-corrected chi connectivity index (χ3v) is 3.37. The number of primary amides is 1. The Morgan fingerprint density at radius 3 is 2.71 bits per heavy atom. The molecule has 0 radical (unpaired) electrons. The lowest BCUT2D eigenvalue weighted by Crippen LogP contribution is -2.24. The van der Waals surface area contributed by atoms with Gasteiger partial charge in [0, 0.05) is 12.3 Å². The molecule has 21 heavy (non-hydrogen) atoms. The van der Waals surface area contributed by atoms with Gasteiger partial charge in [-0.2, -0.15) is 0 Å². The fourth-order valence-electron chi connectivity index (χ4n) is 1.68. The Hall–Kier alpha value is -2.25. The van der Waals surface area contributed by atoms with E-state index >= 15 is 0 Å². The first-order chi connectivity index (χ1) is 10.1. The van der Waals surface area contributed by atoms with Gasteiger partial charge >= 0.3 is 0 Å². The maximum absolute atomic E-state index is 11.5. The second kappa shape index (κ2) is 6.96. The molecular weight excluding hydrogens is 290 g/mol. The summed E-state index contributed by atoms with van der Waals surface area (Å²) in [7, 11) is 0. The van der Waals surface area contributed by atoms with Gasteiger partial charge in [0.15, 0.2) is 11.2 Å². The van der Waals surface area contributed by atoms with E-state index in [1.807, 2.05) is 30.3 Å². The fourth-order valence-corrected chi connectivity index (χ4v) is 2.45.